The lowest BCUT2D eigenvalue weighted by Crippen LogP contribution is -2.46. The summed E-state index contributed by atoms with van der Waals surface area (Å²) in [6.07, 6.45) is 2.99. The summed E-state index contributed by atoms with van der Waals surface area (Å²) >= 11 is 2.75. The van der Waals surface area contributed by atoms with Gasteiger partial charge in [-0.15, -0.1) is 0 Å². The summed E-state index contributed by atoms with van der Waals surface area (Å²) in [7, 11) is 0. The maximum atomic E-state index is 12.9. The lowest BCUT2D eigenvalue weighted by Gasteiger charge is -2.22. The summed E-state index contributed by atoms with van der Waals surface area (Å²) in [4.78, 5) is 36.5. The first-order valence-electron chi connectivity index (χ1n) is 9.02. The Morgan fingerprint density at radius 1 is 1.22 bits per heavy atom. The molecule has 0 radical (unpaired) electrons. The van der Waals surface area contributed by atoms with Crippen molar-refractivity contribution in [3.05, 3.63) is 35.4 Å². The summed E-state index contributed by atoms with van der Waals surface area (Å²) in [6, 6.07) is 7.23. The van der Waals surface area contributed by atoms with E-state index in [1.807, 2.05) is 37.4 Å². The Hall–Kier alpha value is -1.47. The molecule has 1 rings (SSSR count). The molecule has 0 unspecified atom stereocenters. The van der Waals surface area contributed by atoms with Gasteiger partial charge < -0.3 is 10.1 Å². The number of hydrogen-bond acceptors (Lipinski definition) is 6. The van der Waals surface area contributed by atoms with E-state index in [-0.39, 0.29) is 17.6 Å². The van der Waals surface area contributed by atoms with Gasteiger partial charge in [0.2, 0.25) is 5.91 Å². The van der Waals surface area contributed by atoms with E-state index in [1.165, 1.54) is 6.92 Å². The molecule has 1 N–H and O–H groups in total. The van der Waals surface area contributed by atoms with Crippen LogP contribution in [0.15, 0.2) is 24.3 Å². The molecule has 1 amide bonds. The molecular formula is C20H29NO4S2. The molecule has 0 fully saturated rings. The topological polar surface area (TPSA) is 72.5 Å². The van der Waals surface area contributed by atoms with Gasteiger partial charge in [-0.3, -0.25) is 9.59 Å². The van der Waals surface area contributed by atoms with Crippen molar-refractivity contribution >= 4 is 40.5 Å². The predicted molar refractivity (Wildman–Crippen MR) is 113 cm³/mol. The van der Waals surface area contributed by atoms with Crippen LogP contribution in [-0.2, 0) is 25.5 Å². The number of esters is 1. The van der Waals surface area contributed by atoms with E-state index < -0.39 is 17.9 Å². The first-order valence-corrected chi connectivity index (χ1v) is 11.4. The van der Waals surface area contributed by atoms with Gasteiger partial charge in [-0.05, 0) is 49.8 Å². The fourth-order valence-corrected chi connectivity index (χ4v) is 3.74. The molecule has 150 valence electrons. The van der Waals surface area contributed by atoms with Crippen molar-refractivity contribution in [2.24, 2.45) is 5.92 Å². The molecule has 0 aliphatic carbocycles. The Morgan fingerprint density at radius 3 is 2.52 bits per heavy atom. The lowest BCUT2D eigenvalue weighted by molar-refractivity contribution is -0.147. The highest BCUT2D eigenvalue weighted by Crippen LogP contribution is 2.19. The van der Waals surface area contributed by atoms with Gasteiger partial charge in [0.1, 0.15) is 6.04 Å². The standard InChI is InChI=1S/C20H29NO4S2/c1-5-25-20(24)18(10-11-26-4)21-19(23)17(13-27-15(3)22)12-16-9-7-6-8-14(16)2/h6-9,17-18H,5,10-13H2,1-4H3,(H,21,23)/t17-,18-/m1/s1. The third kappa shape index (κ3) is 8.84. The summed E-state index contributed by atoms with van der Waals surface area (Å²) in [5.41, 5.74) is 2.17. The summed E-state index contributed by atoms with van der Waals surface area (Å²) in [5.74, 6) is 0.105. The first kappa shape index (κ1) is 23.6. The zero-order valence-electron chi connectivity index (χ0n) is 16.4. The molecule has 0 bridgehead atoms. The quantitative estimate of drug-likeness (QED) is 0.564. The van der Waals surface area contributed by atoms with E-state index in [4.69, 9.17) is 4.74 Å². The van der Waals surface area contributed by atoms with Crippen LogP contribution < -0.4 is 5.32 Å². The van der Waals surface area contributed by atoms with Crippen LogP contribution in [0.1, 0.15) is 31.4 Å². The Bertz CT molecular complexity index is 636. The van der Waals surface area contributed by atoms with Gasteiger partial charge in [-0.25, -0.2) is 4.79 Å². The normalized spacial score (nSPS) is 12.9. The van der Waals surface area contributed by atoms with Crippen molar-refractivity contribution in [1.29, 1.82) is 0 Å². The maximum Gasteiger partial charge on any atom is 0.328 e. The Labute approximate surface area is 170 Å². The number of nitrogens with one attached hydrogen (secondary N) is 1. The largest absolute Gasteiger partial charge is 0.464 e. The van der Waals surface area contributed by atoms with Gasteiger partial charge in [0.05, 0.1) is 12.5 Å². The van der Waals surface area contributed by atoms with Crippen LogP contribution in [-0.4, -0.2) is 47.4 Å². The van der Waals surface area contributed by atoms with Crippen molar-refractivity contribution in [3.63, 3.8) is 0 Å². The Balaban J connectivity index is 2.90. The minimum Gasteiger partial charge on any atom is -0.464 e. The molecule has 0 aromatic heterocycles. The minimum absolute atomic E-state index is 0.0260. The molecule has 0 heterocycles. The molecule has 0 saturated carbocycles. The number of carbonyl (C=O) groups is 3. The monoisotopic (exact) mass is 411 g/mol. The molecule has 0 spiro atoms. The van der Waals surface area contributed by atoms with Crippen LogP contribution in [0.25, 0.3) is 0 Å². The van der Waals surface area contributed by atoms with E-state index in [1.54, 1.807) is 18.7 Å². The van der Waals surface area contributed by atoms with E-state index >= 15 is 0 Å². The van der Waals surface area contributed by atoms with Crippen molar-refractivity contribution in [3.8, 4) is 0 Å². The molecule has 5 nitrogen and oxygen atoms in total. The molecular weight excluding hydrogens is 382 g/mol. The van der Waals surface area contributed by atoms with Gasteiger partial charge in [0, 0.05) is 12.7 Å². The number of thioether (sulfide) groups is 2. The van der Waals surface area contributed by atoms with Gasteiger partial charge in [-0.1, -0.05) is 36.0 Å². The molecule has 1 aromatic rings. The third-order valence-corrected chi connectivity index (χ3v) is 5.70. The zero-order valence-corrected chi connectivity index (χ0v) is 18.1. The number of hydrogen-bond donors (Lipinski definition) is 1. The second-order valence-corrected chi connectivity index (χ2v) is 8.41. The lowest BCUT2D eigenvalue weighted by atomic mass is 9.96. The van der Waals surface area contributed by atoms with Gasteiger partial charge in [0.25, 0.3) is 0 Å². The fourth-order valence-electron chi connectivity index (χ4n) is 2.57. The number of ether oxygens (including phenoxy) is 1. The van der Waals surface area contributed by atoms with E-state index in [0.717, 1.165) is 28.6 Å². The Morgan fingerprint density at radius 2 is 1.93 bits per heavy atom. The van der Waals surface area contributed by atoms with Crippen LogP contribution in [0.4, 0.5) is 0 Å². The molecule has 0 aliphatic heterocycles. The predicted octanol–water partition coefficient (Wildman–Crippen LogP) is 3.23. The average Bonchev–Trinajstić information content (AvgIpc) is 2.63. The van der Waals surface area contributed by atoms with Crippen LogP contribution >= 0.6 is 23.5 Å². The van der Waals surface area contributed by atoms with Crippen molar-refractivity contribution in [2.45, 2.75) is 39.7 Å². The van der Waals surface area contributed by atoms with Crippen LogP contribution in [0, 0.1) is 12.8 Å². The summed E-state index contributed by atoms with van der Waals surface area (Å²) in [5, 5.41) is 2.82. The van der Waals surface area contributed by atoms with Gasteiger partial charge in [0.15, 0.2) is 5.12 Å². The molecule has 27 heavy (non-hydrogen) atoms. The number of amides is 1. The Kier molecular flexibility index (Phi) is 11.2. The molecule has 0 aliphatic rings. The number of benzene rings is 1. The van der Waals surface area contributed by atoms with Gasteiger partial charge in [-0.2, -0.15) is 11.8 Å². The average molecular weight is 412 g/mol. The highest BCUT2D eigenvalue weighted by atomic mass is 32.2. The van der Waals surface area contributed by atoms with Crippen molar-refractivity contribution in [2.75, 3.05) is 24.4 Å². The van der Waals surface area contributed by atoms with Crippen LogP contribution in [0.3, 0.4) is 0 Å². The molecule has 0 saturated heterocycles. The first-order chi connectivity index (χ1) is 12.9. The number of carbonyl (C=O) groups excluding carboxylic acids is 3. The third-order valence-electron chi connectivity index (χ3n) is 4.08. The number of rotatable bonds is 11. The van der Waals surface area contributed by atoms with Crippen LogP contribution in [0.2, 0.25) is 0 Å². The summed E-state index contributed by atoms with van der Waals surface area (Å²) in [6.45, 7) is 5.52. The second-order valence-electron chi connectivity index (χ2n) is 6.22. The van der Waals surface area contributed by atoms with Crippen molar-refractivity contribution in [1.82, 2.24) is 5.32 Å². The minimum atomic E-state index is -0.661. The zero-order chi connectivity index (χ0) is 20.2. The highest BCUT2D eigenvalue weighted by molar-refractivity contribution is 8.13. The maximum absolute atomic E-state index is 12.9. The second kappa shape index (κ2) is 12.8. The van der Waals surface area contributed by atoms with E-state index in [9.17, 15) is 14.4 Å². The highest BCUT2D eigenvalue weighted by Gasteiger charge is 2.27. The van der Waals surface area contributed by atoms with E-state index in [0.29, 0.717) is 18.6 Å². The smallest absolute Gasteiger partial charge is 0.328 e. The molecule has 1 aromatic carbocycles. The molecule has 2 atom stereocenters. The van der Waals surface area contributed by atoms with Gasteiger partial charge >= 0.3 is 5.97 Å². The van der Waals surface area contributed by atoms with E-state index in [2.05, 4.69) is 5.32 Å². The van der Waals surface area contributed by atoms with Crippen LogP contribution in [0.5, 0.6) is 0 Å². The van der Waals surface area contributed by atoms with Crippen molar-refractivity contribution < 1.29 is 19.1 Å². The molecule has 7 heteroatoms. The SMILES string of the molecule is CCOC(=O)[C@@H](CCSC)NC(=O)[C@@H](CSC(C)=O)Cc1ccccc1C. The fraction of sp³-hybridized carbons (Fsp3) is 0.550. The number of aryl methyl sites for hydroxylation is 1. The summed E-state index contributed by atoms with van der Waals surface area (Å²) < 4.78 is 5.10.